The molecule has 5 heteroatoms. The zero-order valence-corrected chi connectivity index (χ0v) is 13.5. The van der Waals surface area contributed by atoms with Crippen molar-refractivity contribution >= 4 is 21.8 Å². The molecule has 0 fully saturated rings. The summed E-state index contributed by atoms with van der Waals surface area (Å²) < 4.78 is 11.1. The fourth-order valence-corrected chi connectivity index (χ4v) is 3.14. The average molecular weight is 342 g/mol. The average Bonchev–Trinajstić information content (AvgIpc) is 2.52. The lowest BCUT2D eigenvalue weighted by Gasteiger charge is -2.31. The predicted octanol–water partition coefficient (Wildman–Crippen LogP) is 3.14. The Kier molecular flexibility index (Phi) is 4.91. The molecule has 20 heavy (non-hydrogen) atoms. The minimum absolute atomic E-state index is 0.115. The Morgan fingerprint density at radius 2 is 2.00 bits per heavy atom. The fraction of sp³-hybridized carbons (Fsp3) is 0.533. The Morgan fingerprint density at radius 1 is 1.30 bits per heavy atom. The molecule has 1 N–H and O–H groups in total. The first-order valence-electron chi connectivity index (χ1n) is 6.93. The lowest BCUT2D eigenvalue weighted by Crippen LogP contribution is -2.49. The molecule has 0 saturated heterocycles. The topological polar surface area (TPSA) is 47.6 Å². The predicted molar refractivity (Wildman–Crippen MR) is 82.0 cm³/mol. The monoisotopic (exact) mass is 341 g/mol. The van der Waals surface area contributed by atoms with E-state index >= 15 is 0 Å². The number of hydrogen-bond acceptors (Lipinski definition) is 3. The molecule has 0 spiro atoms. The molecule has 0 saturated carbocycles. The van der Waals surface area contributed by atoms with E-state index < -0.39 is 0 Å². The quantitative estimate of drug-likeness (QED) is 0.837. The number of hydrogen-bond donors (Lipinski definition) is 1. The van der Waals surface area contributed by atoms with Gasteiger partial charge >= 0.3 is 0 Å². The van der Waals surface area contributed by atoms with Crippen molar-refractivity contribution in [3.05, 3.63) is 23.8 Å². The summed E-state index contributed by atoms with van der Waals surface area (Å²) in [6.07, 6.45) is 1.74. The Bertz CT molecular complexity index is 478. The van der Waals surface area contributed by atoms with Gasteiger partial charge in [0, 0.05) is 10.9 Å². The molecule has 0 aromatic heterocycles. The maximum absolute atomic E-state index is 12.5. The largest absolute Gasteiger partial charge is 0.486 e. The van der Waals surface area contributed by atoms with Gasteiger partial charge < -0.3 is 14.8 Å². The van der Waals surface area contributed by atoms with Crippen LogP contribution in [0.5, 0.6) is 11.5 Å². The van der Waals surface area contributed by atoms with E-state index in [9.17, 15) is 4.79 Å². The van der Waals surface area contributed by atoms with Crippen molar-refractivity contribution in [3.8, 4) is 11.5 Å². The molecular formula is C15H20BrNO3. The standard InChI is InChI=1S/C15H20BrNO3/c1-3-15(4-2,10-16)17-14(18)11-6-5-7-12-13(11)20-9-8-19-12/h5-7H,3-4,8-10H2,1-2H3,(H,17,18). The van der Waals surface area contributed by atoms with Crippen LogP contribution in [0, 0.1) is 0 Å². The highest BCUT2D eigenvalue weighted by molar-refractivity contribution is 9.09. The van der Waals surface area contributed by atoms with Gasteiger partial charge in [0.05, 0.1) is 5.56 Å². The van der Waals surface area contributed by atoms with Crippen LogP contribution in [0.25, 0.3) is 0 Å². The van der Waals surface area contributed by atoms with Crippen molar-refractivity contribution in [3.63, 3.8) is 0 Å². The van der Waals surface area contributed by atoms with Crippen molar-refractivity contribution in [2.24, 2.45) is 0 Å². The Hall–Kier alpha value is -1.23. The van der Waals surface area contributed by atoms with Gasteiger partial charge in [0.25, 0.3) is 5.91 Å². The first-order chi connectivity index (χ1) is 9.65. The molecule has 0 unspecified atom stereocenters. The van der Waals surface area contributed by atoms with Crippen LogP contribution in [0.2, 0.25) is 0 Å². The molecule has 1 amide bonds. The highest BCUT2D eigenvalue weighted by Crippen LogP contribution is 2.34. The number of para-hydroxylation sites is 1. The lowest BCUT2D eigenvalue weighted by molar-refractivity contribution is 0.0893. The van der Waals surface area contributed by atoms with Crippen molar-refractivity contribution in [2.45, 2.75) is 32.2 Å². The Balaban J connectivity index is 2.25. The third-order valence-electron chi connectivity index (χ3n) is 3.80. The number of amides is 1. The van der Waals surface area contributed by atoms with Gasteiger partial charge in [-0.15, -0.1) is 0 Å². The van der Waals surface area contributed by atoms with Crippen LogP contribution < -0.4 is 14.8 Å². The number of alkyl halides is 1. The summed E-state index contributed by atoms with van der Waals surface area (Å²) in [6.45, 7) is 5.14. The molecule has 1 aliphatic heterocycles. The molecule has 1 aromatic rings. The number of rotatable bonds is 5. The third kappa shape index (κ3) is 2.92. The van der Waals surface area contributed by atoms with E-state index in [4.69, 9.17) is 9.47 Å². The molecule has 2 rings (SSSR count). The summed E-state index contributed by atoms with van der Waals surface area (Å²) in [5, 5.41) is 3.85. The summed E-state index contributed by atoms with van der Waals surface area (Å²) in [7, 11) is 0. The van der Waals surface area contributed by atoms with Crippen LogP contribution in [0.15, 0.2) is 18.2 Å². The smallest absolute Gasteiger partial charge is 0.255 e. The number of ether oxygens (including phenoxy) is 2. The van der Waals surface area contributed by atoms with Crippen molar-refractivity contribution in [2.75, 3.05) is 18.5 Å². The van der Waals surface area contributed by atoms with Crippen molar-refractivity contribution < 1.29 is 14.3 Å². The second-order valence-corrected chi connectivity index (χ2v) is 5.47. The van der Waals surface area contributed by atoms with Crippen molar-refractivity contribution in [1.82, 2.24) is 5.32 Å². The van der Waals surface area contributed by atoms with Gasteiger partial charge in [0.2, 0.25) is 0 Å². The Morgan fingerprint density at radius 3 is 2.65 bits per heavy atom. The second kappa shape index (κ2) is 6.48. The van der Waals surface area contributed by atoms with E-state index in [0.717, 1.165) is 18.2 Å². The number of benzene rings is 1. The molecule has 110 valence electrons. The molecule has 0 atom stereocenters. The molecule has 4 nitrogen and oxygen atoms in total. The number of carbonyl (C=O) groups is 1. The van der Waals surface area contributed by atoms with Crippen molar-refractivity contribution in [1.29, 1.82) is 0 Å². The molecule has 0 radical (unpaired) electrons. The molecule has 0 bridgehead atoms. The lowest BCUT2D eigenvalue weighted by atomic mass is 9.95. The molecule has 1 aliphatic rings. The van der Waals surface area contributed by atoms with Gasteiger partial charge in [-0.1, -0.05) is 35.8 Å². The normalized spacial score (nSPS) is 13.9. The van der Waals surface area contributed by atoms with Gasteiger partial charge in [0.1, 0.15) is 13.2 Å². The van der Waals surface area contributed by atoms with Gasteiger partial charge in [0.15, 0.2) is 11.5 Å². The maximum Gasteiger partial charge on any atom is 0.255 e. The van der Waals surface area contributed by atoms with Crippen LogP contribution in [0.4, 0.5) is 0 Å². The number of fused-ring (bicyclic) bond motifs is 1. The van der Waals surface area contributed by atoms with Gasteiger partial charge in [-0.3, -0.25) is 4.79 Å². The van der Waals surface area contributed by atoms with Crippen LogP contribution >= 0.6 is 15.9 Å². The van der Waals surface area contributed by atoms with E-state index in [1.807, 2.05) is 12.1 Å². The minimum atomic E-state index is -0.227. The highest BCUT2D eigenvalue weighted by atomic mass is 79.9. The summed E-state index contributed by atoms with van der Waals surface area (Å²) in [6, 6.07) is 5.41. The van der Waals surface area contributed by atoms with Gasteiger partial charge in [-0.25, -0.2) is 0 Å². The summed E-state index contributed by atoms with van der Waals surface area (Å²) in [5.74, 6) is 1.07. The fourth-order valence-electron chi connectivity index (χ4n) is 2.21. The van der Waals surface area contributed by atoms with Crippen LogP contribution in [-0.4, -0.2) is 30.0 Å². The molecular weight excluding hydrogens is 322 g/mol. The third-order valence-corrected chi connectivity index (χ3v) is 4.87. The van der Waals surface area contributed by atoms with E-state index in [-0.39, 0.29) is 11.4 Å². The Labute approximate surface area is 128 Å². The number of nitrogens with one attached hydrogen (secondary N) is 1. The van der Waals surface area contributed by atoms with E-state index in [0.29, 0.717) is 30.3 Å². The first kappa shape index (κ1) is 15.2. The number of carbonyl (C=O) groups excluding carboxylic acids is 1. The van der Waals surface area contributed by atoms with Crippen LogP contribution in [0.1, 0.15) is 37.0 Å². The molecule has 1 heterocycles. The minimum Gasteiger partial charge on any atom is -0.486 e. The van der Waals surface area contributed by atoms with E-state index in [2.05, 4.69) is 35.1 Å². The van der Waals surface area contributed by atoms with Gasteiger partial charge in [-0.05, 0) is 25.0 Å². The van der Waals surface area contributed by atoms with Crippen LogP contribution in [-0.2, 0) is 0 Å². The number of halogens is 1. The summed E-state index contributed by atoms with van der Waals surface area (Å²) in [5.41, 5.74) is 0.310. The first-order valence-corrected chi connectivity index (χ1v) is 8.05. The van der Waals surface area contributed by atoms with E-state index in [1.54, 1.807) is 6.07 Å². The summed E-state index contributed by atoms with van der Waals surface area (Å²) in [4.78, 5) is 12.5. The van der Waals surface area contributed by atoms with Crippen LogP contribution in [0.3, 0.4) is 0 Å². The molecule has 1 aromatic carbocycles. The summed E-state index contributed by atoms with van der Waals surface area (Å²) >= 11 is 3.50. The highest BCUT2D eigenvalue weighted by Gasteiger charge is 2.29. The molecule has 0 aliphatic carbocycles. The zero-order valence-electron chi connectivity index (χ0n) is 11.9. The van der Waals surface area contributed by atoms with E-state index in [1.165, 1.54) is 0 Å². The maximum atomic E-state index is 12.5. The van der Waals surface area contributed by atoms with Gasteiger partial charge in [-0.2, -0.15) is 0 Å². The second-order valence-electron chi connectivity index (χ2n) is 4.90. The zero-order chi connectivity index (χ0) is 14.6. The SMILES string of the molecule is CCC(CC)(CBr)NC(=O)c1cccc2c1OCCO2.